The van der Waals surface area contributed by atoms with Crippen molar-refractivity contribution in [3.8, 4) is 0 Å². The van der Waals surface area contributed by atoms with Crippen LogP contribution in [0.1, 0.15) is 40.0 Å². The van der Waals surface area contributed by atoms with Crippen LogP contribution in [-0.2, 0) is 4.79 Å². The van der Waals surface area contributed by atoms with Crippen molar-refractivity contribution in [3.05, 3.63) is 0 Å². The lowest BCUT2D eigenvalue weighted by Crippen LogP contribution is -2.57. The topological polar surface area (TPSA) is 44.4 Å². The molecule has 1 amide bonds. The zero-order valence-electron chi connectivity index (χ0n) is 12.3. The van der Waals surface area contributed by atoms with Gasteiger partial charge in [-0.2, -0.15) is 0 Å². The Kier molecular flexibility index (Phi) is 12.0. The summed E-state index contributed by atoms with van der Waals surface area (Å²) in [6.07, 6.45) is 3.28. The number of nitrogens with zero attached hydrogens (tertiary/aromatic N) is 1. The minimum absolute atomic E-state index is 0. The zero-order valence-corrected chi connectivity index (χ0v) is 14.0. The van der Waals surface area contributed by atoms with Crippen LogP contribution in [0.15, 0.2) is 0 Å². The van der Waals surface area contributed by atoms with Crippen LogP contribution in [0.5, 0.6) is 0 Å². The van der Waals surface area contributed by atoms with Crippen LogP contribution in [0, 0.1) is 0 Å². The molecule has 0 aromatic carbocycles. The highest BCUT2D eigenvalue weighted by Gasteiger charge is 2.33. The van der Waals surface area contributed by atoms with E-state index < -0.39 is 0 Å². The van der Waals surface area contributed by atoms with E-state index in [1.54, 1.807) is 0 Å². The van der Waals surface area contributed by atoms with Gasteiger partial charge in [-0.3, -0.25) is 4.79 Å². The maximum Gasteiger partial charge on any atom is 0.240 e. The first-order chi connectivity index (χ1) is 8.12. The average Bonchev–Trinajstić information content (AvgIpc) is 2.35. The monoisotopic (exact) mass is 313 g/mol. The molecule has 1 aliphatic heterocycles. The standard InChI is InChI=1S/C13H27N3O.2ClH/c1-4-16(5-2)11-10-14-12(17)13(3)8-6-7-9-15-13;;/h15H,4-11H2,1-3H3,(H,14,17);2*1H. The Labute approximate surface area is 129 Å². The summed E-state index contributed by atoms with van der Waals surface area (Å²) in [5.74, 6) is 0.157. The summed E-state index contributed by atoms with van der Waals surface area (Å²) >= 11 is 0. The second-order valence-corrected chi connectivity index (χ2v) is 5.00. The number of carbonyl (C=O) groups excluding carboxylic acids is 1. The molecule has 1 aliphatic rings. The molecule has 2 N–H and O–H groups in total. The van der Waals surface area contributed by atoms with Gasteiger partial charge in [0.2, 0.25) is 5.91 Å². The summed E-state index contributed by atoms with van der Waals surface area (Å²) in [6, 6.07) is 0. The molecule has 6 heteroatoms. The highest BCUT2D eigenvalue weighted by molar-refractivity contribution is 5.86. The average molecular weight is 314 g/mol. The van der Waals surface area contributed by atoms with Gasteiger partial charge in [0.05, 0.1) is 5.54 Å². The molecule has 1 saturated heterocycles. The van der Waals surface area contributed by atoms with E-state index in [2.05, 4.69) is 29.4 Å². The van der Waals surface area contributed by atoms with Crippen molar-refractivity contribution in [2.45, 2.75) is 45.6 Å². The largest absolute Gasteiger partial charge is 0.353 e. The summed E-state index contributed by atoms with van der Waals surface area (Å²) in [6.45, 7) is 11.0. The predicted octanol–water partition coefficient (Wildman–Crippen LogP) is 1.82. The molecule has 4 nitrogen and oxygen atoms in total. The van der Waals surface area contributed by atoms with E-state index in [0.717, 1.165) is 45.6 Å². The summed E-state index contributed by atoms with van der Waals surface area (Å²) in [5, 5.41) is 6.38. The van der Waals surface area contributed by atoms with E-state index >= 15 is 0 Å². The number of piperidine rings is 1. The summed E-state index contributed by atoms with van der Waals surface area (Å²) in [5.41, 5.74) is -0.346. The van der Waals surface area contributed by atoms with Gasteiger partial charge in [-0.25, -0.2) is 0 Å². The van der Waals surface area contributed by atoms with Crippen LogP contribution in [-0.4, -0.2) is 49.1 Å². The summed E-state index contributed by atoms with van der Waals surface area (Å²) in [7, 11) is 0. The molecule has 1 fully saturated rings. The lowest BCUT2D eigenvalue weighted by atomic mass is 9.90. The van der Waals surface area contributed by atoms with Crippen molar-refractivity contribution >= 4 is 30.7 Å². The predicted molar refractivity (Wildman–Crippen MR) is 85.6 cm³/mol. The molecule has 1 unspecified atom stereocenters. The van der Waals surface area contributed by atoms with E-state index in [1.807, 2.05) is 6.92 Å². The number of amides is 1. The first kappa shape index (κ1) is 21.3. The number of halogens is 2. The van der Waals surface area contributed by atoms with Crippen LogP contribution in [0.25, 0.3) is 0 Å². The molecular weight excluding hydrogens is 285 g/mol. The normalized spacial score (nSPS) is 22.3. The first-order valence-corrected chi connectivity index (χ1v) is 6.88. The second-order valence-electron chi connectivity index (χ2n) is 5.00. The first-order valence-electron chi connectivity index (χ1n) is 6.88. The third kappa shape index (κ3) is 6.80. The van der Waals surface area contributed by atoms with Crippen molar-refractivity contribution < 1.29 is 4.79 Å². The minimum atomic E-state index is -0.346. The van der Waals surface area contributed by atoms with Crippen LogP contribution < -0.4 is 10.6 Å². The Morgan fingerprint density at radius 1 is 1.26 bits per heavy atom. The van der Waals surface area contributed by atoms with Gasteiger partial charge in [0, 0.05) is 13.1 Å². The SMILES string of the molecule is CCN(CC)CCNC(=O)C1(C)CCCCN1.Cl.Cl. The molecule has 1 rings (SSSR count). The van der Waals surface area contributed by atoms with Gasteiger partial charge in [0.15, 0.2) is 0 Å². The third-order valence-corrected chi connectivity index (χ3v) is 3.73. The van der Waals surface area contributed by atoms with Crippen molar-refractivity contribution in [3.63, 3.8) is 0 Å². The lowest BCUT2D eigenvalue weighted by molar-refractivity contribution is -0.128. The molecule has 0 saturated carbocycles. The number of nitrogens with one attached hydrogen (secondary N) is 2. The molecule has 1 atom stereocenters. The molecular formula is C13H29Cl2N3O. The van der Waals surface area contributed by atoms with E-state index in [0.29, 0.717) is 0 Å². The van der Waals surface area contributed by atoms with Crippen molar-refractivity contribution in [2.75, 3.05) is 32.7 Å². The number of hydrogen-bond acceptors (Lipinski definition) is 3. The molecule has 0 bridgehead atoms. The number of likely N-dealkylation sites (N-methyl/N-ethyl adjacent to an activating group) is 1. The fraction of sp³-hybridized carbons (Fsp3) is 0.923. The highest BCUT2D eigenvalue weighted by atomic mass is 35.5. The van der Waals surface area contributed by atoms with Gasteiger partial charge < -0.3 is 15.5 Å². The van der Waals surface area contributed by atoms with Crippen molar-refractivity contribution in [1.82, 2.24) is 15.5 Å². The zero-order chi connectivity index (χ0) is 12.7. The number of rotatable bonds is 6. The van der Waals surface area contributed by atoms with Crippen LogP contribution in [0.2, 0.25) is 0 Å². The highest BCUT2D eigenvalue weighted by Crippen LogP contribution is 2.18. The summed E-state index contributed by atoms with van der Waals surface area (Å²) < 4.78 is 0. The van der Waals surface area contributed by atoms with Crippen LogP contribution >= 0.6 is 24.8 Å². The van der Waals surface area contributed by atoms with Gasteiger partial charge in [0.1, 0.15) is 0 Å². The minimum Gasteiger partial charge on any atom is -0.353 e. The fourth-order valence-corrected chi connectivity index (χ4v) is 2.31. The quantitative estimate of drug-likeness (QED) is 0.786. The Balaban J connectivity index is 0. The molecule has 0 spiro atoms. The maximum absolute atomic E-state index is 12.1. The van der Waals surface area contributed by atoms with Gasteiger partial charge >= 0.3 is 0 Å². The summed E-state index contributed by atoms with van der Waals surface area (Å²) in [4.78, 5) is 14.4. The fourth-order valence-electron chi connectivity index (χ4n) is 2.31. The Hall–Kier alpha value is -0.0300. The lowest BCUT2D eigenvalue weighted by Gasteiger charge is -2.33. The van der Waals surface area contributed by atoms with Crippen LogP contribution in [0.3, 0.4) is 0 Å². The van der Waals surface area contributed by atoms with Gasteiger partial charge in [-0.1, -0.05) is 13.8 Å². The number of carbonyl (C=O) groups is 1. The van der Waals surface area contributed by atoms with Gasteiger partial charge in [-0.05, 0) is 45.8 Å². The Bertz CT molecular complexity index is 242. The molecule has 1 heterocycles. The van der Waals surface area contributed by atoms with E-state index in [1.165, 1.54) is 6.42 Å². The van der Waals surface area contributed by atoms with Crippen LogP contribution in [0.4, 0.5) is 0 Å². The molecule has 116 valence electrons. The smallest absolute Gasteiger partial charge is 0.240 e. The molecule has 0 aromatic heterocycles. The molecule has 0 aromatic rings. The van der Waals surface area contributed by atoms with Crippen molar-refractivity contribution in [2.24, 2.45) is 0 Å². The molecule has 19 heavy (non-hydrogen) atoms. The van der Waals surface area contributed by atoms with Gasteiger partial charge in [-0.15, -0.1) is 24.8 Å². The van der Waals surface area contributed by atoms with Gasteiger partial charge in [0.25, 0.3) is 0 Å². The molecule has 0 aliphatic carbocycles. The van der Waals surface area contributed by atoms with E-state index in [4.69, 9.17) is 0 Å². The Morgan fingerprint density at radius 2 is 1.89 bits per heavy atom. The number of hydrogen-bond donors (Lipinski definition) is 2. The van der Waals surface area contributed by atoms with E-state index in [-0.39, 0.29) is 36.3 Å². The van der Waals surface area contributed by atoms with Crippen molar-refractivity contribution in [1.29, 1.82) is 0 Å². The molecule has 0 radical (unpaired) electrons. The second kappa shape index (κ2) is 10.7. The Morgan fingerprint density at radius 3 is 2.37 bits per heavy atom. The van der Waals surface area contributed by atoms with E-state index in [9.17, 15) is 4.79 Å². The third-order valence-electron chi connectivity index (χ3n) is 3.73. The maximum atomic E-state index is 12.1.